The number of halogens is 1. The summed E-state index contributed by atoms with van der Waals surface area (Å²) in [4.78, 5) is 8.85. The molecule has 0 radical (unpaired) electrons. The lowest BCUT2D eigenvalue weighted by Crippen LogP contribution is -2.38. The van der Waals surface area contributed by atoms with E-state index >= 15 is 0 Å². The zero-order chi connectivity index (χ0) is 20.9. The number of hydrogen-bond donors (Lipinski definition) is 2. The van der Waals surface area contributed by atoms with Gasteiger partial charge in [-0.05, 0) is 74.9 Å². The average molecular weight is 526 g/mol. The standard InChI is InChI=1S/C23H34N4O2.HI/c1-5-25-23(27-15-12-20-11-14-24-17-18(20)3)26-13-7-8-19-9-10-21(28-4)22(16-19)29-6-2;/h9-11,14,16-17H,5-8,12-13,15H2,1-4H3,(H2,25,26,27);1H. The Bertz CT molecular complexity index is 784. The molecule has 0 spiro atoms. The molecule has 0 aliphatic heterocycles. The van der Waals surface area contributed by atoms with Gasteiger partial charge in [-0.1, -0.05) is 6.07 Å². The van der Waals surface area contributed by atoms with Gasteiger partial charge in [0.2, 0.25) is 0 Å². The first-order valence-electron chi connectivity index (χ1n) is 10.4. The van der Waals surface area contributed by atoms with Gasteiger partial charge in [0.1, 0.15) is 0 Å². The number of nitrogens with one attached hydrogen (secondary N) is 2. The third kappa shape index (κ3) is 8.77. The molecule has 0 saturated carbocycles. The Balaban J connectivity index is 0.00000450. The van der Waals surface area contributed by atoms with Crippen LogP contribution in [-0.4, -0.2) is 44.3 Å². The van der Waals surface area contributed by atoms with Crippen molar-refractivity contribution in [2.24, 2.45) is 4.99 Å². The van der Waals surface area contributed by atoms with Crippen LogP contribution in [0.1, 0.15) is 37.0 Å². The molecule has 0 bridgehead atoms. The monoisotopic (exact) mass is 526 g/mol. The lowest BCUT2D eigenvalue weighted by molar-refractivity contribution is 0.310. The van der Waals surface area contributed by atoms with E-state index in [1.807, 2.05) is 25.4 Å². The Hall–Kier alpha value is -2.03. The number of ether oxygens (including phenoxy) is 2. The fourth-order valence-corrected chi connectivity index (χ4v) is 3.06. The third-order valence-electron chi connectivity index (χ3n) is 4.59. The Morgan fingerprint density at radius 2 is 1.93 bits per heavy atom. The molecule has 166 valence electrons. The van der Waals surface area contributed by atoms with Crippen LogP contribution in [0.5, 0.6) is 11.5 Å². The van der Waals surface area contributed by atoms with E-state index < -0.39 is 0 Å². The first-order chi connectivity index (χ1) is 14.2. The second kappa shape index (κ2) is 14.9. The number of methoxy groups -OCH3 is 1. The maximum absolute atomic E-state index is 5.66. The number of benzene rings is 1. The van der Waals surface area contributed by atoms with Crippen LogP contribution in [0.25, 0.3) is 0 Å². The van der Waals surface area contributed by atoms with Crippen molar-refractivity contribution in [2.45, 2.75) is 40.0 Å². The largest absolute Gasteiger partial charge is 0.493 e. The lowest BCUT2D eigenvalue weighted by atomic mass is 10.1. The topological polar surface area (TPSA) is 67.8 Å². The summed E-state index contributed by atoms with van der Waals surface area (Å²) >= 11 is 0. The summed E-state index contributed by atoms with van der Waals surface area (Å²) in [6.45, 7) is 9.23. The number of hydrogen-bond acceptors (Lipinski definition) is 4. The maximum atomic E-state index is 5.66. The summed E-state index contributed by atoms with van der Waals surface area (Å²) in [5, 5.41) is 6.73. The summed E-state index contributed by atoms with van der Waals surface area (Å²) in [6.07, 6.45) is 6.62. The fourth-order valence-electron chi connectivity index (χ4n) is 3.06. The van der Waals surface area contributed by atoms with Crippen molar-refractivity contribution in [3.63, 3.8) is 0 Å². The first kappa shape index (κ1) is 26.0. The minimum Gasteiger partial charge on any atom is -0.493 e. The highest BCUT2D eigenvalue weighted by Crippen LogP contribution is 2.28. The van der Waals surface area contributed by atoms with Crippen LogP contribution in [0.3, 0.4) is 0 Å². The second-order valence-corrected chi connectivity index (χ2v) is 6.76. The lowest BCUT2D eigenvalue weighted by Gasteiger charge is -2.12. The summed E-state index contributed by atoms with van der Waals surface area (Å²) in [7, 11) is 1.66. The number of aryl methyl sites for hydroxylation is 2. The van der Waals surface area contributed by atoms with E-state index in [1.165, 1.54) is 16.7 Å². The molecule has 0 saturated heterocycles. The van der Waals surface area contributed by atoms with Crippen LogP contribution in [0.2, 0.25) is 0 Å². The van der Waals surface area contributed by atoms with Crippen LogP contribution >= 0.6 is 24.0 Å². The maximum Gasteiger partial charge on any atom is 0.191 e. The van der Waals surface area contributed by atoms with E-state index in [4.69, 9.17) is 14.5 Å². The SMILES string of the molecule is CCNC(=NCCCc1ccc(OC)c(OCC)c1)NCCc1ccncc1C.I. The number of aromatic nitrogens is 1. The van der Waals surface area contributed by atoms with E-state index in [0.717, 1.165) is 56.4 Å². The van der Waals surface area contributed by atoms with E-state index in [9.17, 15) is 0 Å². The van der Waals surface area contributed by atoms with E-state index in [0.29, 0.717) is 6.61 Å². The van der Waals surface area contributed by atoms with E-state index in [1.54, 1.807) is 7.11 Å². The molecule has 0 aliphatic carbocycles. The van der Waals surface area contributed by atoms with Crippen molar-refractivity contribution in [3.05, 3.63) is 53.3 Å². The van der Waals surface area contributed by atoms with Crippen molar-refractivity contribution in [1.29, 1.82) is 0 Å². The molecule has 2 aromatic rings. The minimum absolute atomic E-state index is 0. The van der Waals surface area contributed by atoms with Crippen molar-refractivity contribution in [3.8, 4) is 11.5 Å². The average Bonchev–Trinajstić information content (AvgIpc) is 2.73. The molecular weight excluding hydrogens is 491 g/mol. The van der Waals surface area contributed by atoms with Crippen LogP contribution in [0, 0.1) is 6.92 Å². The third-order valence-corrected chi connectivity index (χ3v) is 4.59. The van der Waals surface area contributed by atoms with Gasteiger partial charge in [0.15, 0.2) is 17.5 Å². The highest BCUT2D eigenvalue weighted by molar-refractivity contribution is 14.0. The molecule has 30 heavy (non-hydrogen) atoms. The smallest absolute Gasteiger partial charge is 0.191 e. The van der Waals surface area contributed by atoms with E-state index in [-0.39, 0.29) is 24.0 Å². The highest BCUT2D eigenvalue weighted by atomic mass is 127. The molecule has 6 nitrogen and oxygen atoms in total. The fraction of sp³-hybridized carbons (Fsp3) is 0.478. The Kier molecular flexibility index (Phi) is 12.9. The number of rotatable bonds is 11. The van der Waals surface area contributed by atoms with Crippen molar-refractivity contribution >= 4 is 29.9 Å². The van der Waals surface area contributed by atoms with Crippen LogP contribution in [0.4, 0.5) is 0 Å². The van der Waals surface area contributed by atoms with Gasteiger partial charge in [-0.15, -0.1) is 24.0 Å². The molecule has 1 aromatic heterocycles. The summed E-state index contributed by atoms with van der Waals surface area (Å²) < 4.78 is 11.0. The Morgan fingerprint density at radius 1 is 1.10 bits per heavy atom. The van der Waals surface area contributed by atoms with Gasteiger partial charge < -0.3 is 20.1 Å². The van der Waals surface area contributed by atoms with Crippen molar-refractivity contribution in [1.82, 2.24) is 15.6 Å². The molecule has 1 heterocycles. The van der Waals surface area contributed by atoms with Gasteiger partial charge in [0.25, 0.3) is 0 Å². The first-order valence-corrected chi connectivity index (χ1v) is 10.4. The molecule has 2 rings (SSSR count). The van der Waals surface area contributed by atoms with Gasteiger partial charge in [-0.25, -0.2) is 0 Å². The van der Waals surface area contributed by atoms with Crippen molar-refractivity contribution < 1.29 is 9.47 Å². The van der Waals surface area contributed by atoms with Gasteiger partial charge in [0, 0.05) is 32.0 Å². The molecule has 7 heteroatoms. The molecule has 0 amide bonds. The molecule has 0 aliphatic rings. The Morgan fingerprint density at radius 3 is 2.63 bits per heavy atom. The molecule has 2 N–H and O–H groups in total. The van der Waals surface area contributed by atoms with Crippen LogP contribution in [-0.2, 0) is 12.8 Å². The normalized spacial score (nSPS) is 10.9. The molecule has 0 unspecified atom stereocenters. The molecule has 0 atom stereocenters. The van der Waals surface area contributed by atoms with Gasteiger partial charge >= 0.3 is 0 Å². The zero-order valence-corrected chi connectivity index (χ0v) is 20.9. The zero-order valence-electron chi connectivity index (χ0n) is 18.5. The molecule has 0 fully saturated rings. The van der Waals surface area contributed by atoms with Gasteiger partial charge in [-0.2, -0.15) is 0 Å². The van der Waals surface area contributed by atoms with Crippen molar-refractivity contribution in [2.75, 3.05) is 33.4 Å². The number of nitrogens with zero attached hydrogens (tertiary/aromatic N) is 2. The Labute approximate surface area is 197 Å². The number of aliphatic imine (C=N–C) groups is 1. The summed E-state index contributed by atoms with van der Waals surface area (Å²) in [5.41, 5.74) is 3.77. The molecule has 1 aromatic carbocycles. The summed E-state index contributed by atoms with van der Waals surface area (Å²) in [5.74, 6) is 2.44. The molecular formula is C23H35IN4O2. The highest BCUT2D eigenvalue weighted by Gasteiger charge is 2.05. The summed E-state index contributed by atoms with van der Waals surface area (Å²) in [6, 6.07) is 8.20. The van der Waals surface area contributed by atoms with Gasteiger partial charge in [-0.3, -0.25) is 9.98 Å². The van der Waals surface area contributed by atoms with Gasteiger partial charge in [0.05, 0.1) is 13.7 Å². The number of guanidine groups is 1. The predicted octanol–water partition coefficient (Wildman–Crippen LogP) is 4.15. The predicted molar refractivity (Wildman–Crippen MR) is 135 cm³/mol. The quantitative estimate of drug-likeness (QED) is 0.199. The number of pyridine rings is 1. The van der Waals surface area contributed by atoms with Crippen LogP contribution < -0.4 is 20.1 Å². The second-order valence-electron chi connectivity index (χ2n) is 6.76. The van der Waals surface area contributed by atoms with Crippen LogP contribution in [0.15, 0.2) is 41.7 Å². The minimum atomic E-state index is 0. The van der Waals surface area contributed by atoms with E-state index in [2.05, 4.69) is 47.7 Å².